The van der Waals surface area contributed by atoms with E-state index < -0.39 is 0 Å². The van der Waals surface area contributed by atoms with Crippen molar-refractivity contribution in [2.45, 2.75) is 19.8 Å². The van der Waals surface area contributed by atoms with Crippen LogP contribution in [-0.2, 0) is 11.2 Å². The zero-order valence-electron chi connectivity index (χ0n) is 15.0. The zero-order chi connectivity index (χ0) is 18.9. The molecule has 0 aliphatic heterocycles. The van der Waals surface area contributed by atoms with Crippen molar-refractivity contribution in [3.8, 4) is 22.9 Å². The summed E-state index contributed by atoms with van der Waals surface area (Å²) in [6, 6.07) is 9.32. The molecule has 8 heteroatoms. The minimum absolute atomic E-state index is 0.0828. The lowest BCUT2D eigenvalue weighted by Crippen LogP contribution is -2.28. The lowest BCUT2D eigenvalue weighted by molar-refractivity contribution is -0.121. The summed E-state index contributed by atoms with van der Waals surface area (Å²) in [6.07, 6.45) is 0.692. The Kier molecular flexibility index (Phi) is 6.81. The van der Waals surface area contributed by atoms with E-state index in [-0.39, 0.29) is 12.3 Å². The van der Waals surface area contributed by atoms with Crippen LogP contribution < -0.4 is 14.8 Å². The van der Waals surface area contributed by atoms with Crippen LogP contribution >= 0.6 is 11.3 Å². The molecule has 0 aliphatic rings. The molecule has 0 unspecified atom stereocenters. The van der Waals surface area contributed by atoms with Gasteiger partial charge >= 0.3 is 0 Å². The molecule has 2 aromatic heterocycles. The van der Waals surface area contributed by atoms with Crippen molar-refractivity contribution in [1.29, 1.82) is 0 Å². The van der Waals surface area contributed by atoms with Gasteiger partial charge in [-0.2, -0.15) is 16.3 Å². The van der Waals surface area contributed by atoms with Gasteiger partial charge in [0.15, 0.2) is 0 Å². The largest absolute Gasteiger partial charge is 0.494 e. The van der Waals surface area contributed by atoms with E-state index in [0.29, 0.717) is 37.9 Å². The third kappa shape index (κ3) is 5.82. The smallest absolute Gasteiger partial charge is 0.227 e. The van der Waals surface area contributed by atoms with Crippen LogP contribution in [0.4, 0.5) is 0 Å². The van der Waals surface area contributed by atoms with E-state index >= 15 is 0 Å². The molecule has 0 saturated heterocycles. The summed E-state index contributed by atoms with van der Waals surface area (Å²) in [5.74, 6) is 2.47. The molecule has 3 rings (SSSR count). The van der Waals surface area contributed by atoms with Crippen LogP contribution in [-0.4, -0.2) is 35.8 Å². The first kappa shape index (κ1) is 18.9. The lowest BCUT2D eigenvalue weighted by atomic mass is 10.3. The first-order valence-corrected chi connectivity index (χ1v) is 9.66. The average Bonchev–Trinajstić information content (AvgIpc) is 3.36. The molecule has 27 heavy (non-hydrogen) atoms. The van der Waals surface area contributed by atoms with Crippen molar-refractivity contribution >= 4 is 17.2 Å². The van der Waals surface area contributed by atoms with Gasteiger partial charge < -0.3 is 19.3 Å². The van der Waals surface area contributed by atoms with Crippen LogP contribution in [0.2, 0.25) is 0 Å². The number of ether oxygens (including phenoxy) is 2. The van der Waals surface area contributed by atoms with E-state index in [2.05, 4.69) is 15.5 Å². The number of aryl methyl sites for hydroxylation is 1. The summed E-state index contributed by atoms with van der Waals surface area (Å²) in [4.78, 5) is 16.2. The Morgan fingerprint density at radius 3 is 2.67 bits per heavy atom. The van der Waals surface area contributed by atoms with Crippen LogP contribution in [0, 0.1) is 0 Å². The maximum atomic E-state index is 11.9. The van der Waals surface area contributed by atoms with Gasteiger partial charge in [-0.1, -0.05) is 5.16 Å². The molecule has 1 amide bonds. The molecule has 0 fully saturated rings. The molecule has 0 aliphatic carbocycles. The molecule has 0 saturated carbocycles. The molecule has 0 bridgehead atoms. The molecule has 3 aromatic rings. The average molecular weight is 387 g/mol. The standard InChI is InChI=1S/C19H21N3O4S/c1-2-24-15-3-5-16(6-4-15)25-11-10-20-17(23)7-8-18-21-19(22-26-18)14-9-12-27-13-14/h3-6,9,12-13H,2,7-8,10-11H2,1H3,(H,20,23). The molecule has 2 heterocycles. The van der Waals surface area contributed by atoms with Crippen LogP contribution in [0.25, 0.3) is 11.4 Å². The monoisotopic (exact) mass is 387 g/mol. The second kappa shape index (κ2) is 9.72. The lowest BCUT2D eigenvalue weighted by Gasteiger charge is -2.08. The minimum Gasteiger partial charge on any atom is -0.494 e. The summed E-state index contributed by atoms with van der Waals surface area (Å²) in [6.45, 7) is 3.39. The van der Waals surface area contributed by atoms with E-state index in [1.54, 1.807) is 11.3 Å². The van der Waals surface area contributed by atoms with E-state index in [9.17, 15) is 4.79 Å². The molecule has 0 spiro atoms. The number of hydrogen-bond acceptors (Lipinski definition) is 7. The van der Waals surface area contributed by atoms with Gasteiger partial charge in [-0.15, -0.1) is 0 Å². The van der Waals surface area contributed by atoms with Crippen molar-refractivity contribution in [2.75, 3.05) is 19.8 Å². The normalized spacial score (nSPS) is 10.6. The molecular formula is C19H21N3O4S. The fourth-order valence-electron chi connectivity index (χ4n) is 2.33. The molecule has 1 aromatic carbocycles. The number of rotatable bonds is 10. The van der Waals surface area contributed by atoms with Crippen molar-refractivity contribution in [2.24, 2.45) is 0 Å². The number of nitrogens with zero attached hydrogens (tertiary/aromatic N) is 2. The highest BCUT2D eigenvalue weighted by Gasteiger charge is 2.10. The molecule has 0 atom stereocenters. The van der Waals surface area contributed by atoms with Gasteiger partial charge in [-0.05, 0) is 42.6 Å². The van der Waals surface area contributed by atoms with Crippen LogP contribution in [0.3, 0.4) is 0 Å². The number of thiophene rings is 1. The highest BCUT2D eigenvalue weighted by Crippen LogP contribution is 2.19. The van der Waals surface area contributed by atoms with Gasteiger partial charge in [-0.3, -0.25) is 4.79 Å². The minimum atomic E-state index is -0.0828. The Morgan fingerprint density at radius 2 is 1.96 bits per heavy atom. The fourth-order valence-corrected chi connectivity index (χ4v) is 2.97. The van der Waals surface area contributed by atoms with Gasteiger partial charge in [0.05, 0.1) is 13.2 Å². The van der Waals surface area contributed by atoms with Crippen molar-refractivity contribution in [3.05, 3.63) is 47.0 Å². The maximum absolute atomic E-state index is 11.9. The second-order valence-electron chi connectivity index (χ2n) is 5.63. The van der Waals surface area contributed by atoms with Gasteiger partial charge in [-0.25, -0.2) is 0 Å². The third-order valence-corrected chi connectivity index (χ3v) is 4.32. The van der Waals surface area contributed by atoms with Gasteiger partial charge in [0.25, 0.3) is 0 Å². The summed E-state index contributed by atoms with van der Waals surface area (Å²) in [5.41, 5.74) is 0.922. The summed E-state index contributed by atoms with van der Waals surface area (Å²) >= 11 is 1.57. The number of nitrogens with one attached hydrogen (secondary N) is 1. The molecule has 7 nitrogen and oxygen atoms in total. The number of aromatic nitrogens is 2. The number of carbonyl (C=O) groups is 1. The van der Waals surface area contributed by atoms with Crippen molar-refractivity contribution in [1.82, 2.24) is 15.5 Å². The fraction of sp³-hybridized carbons (Fsp3) is 0.316. The summed E-state index contributed by atoms with van der Waals surface area (Å²) < 4.78 is 16.1. The SMILES string of the molecule is CCOc1ccc(OCCNC(=O)CCc2nc(-c3ccsc3)no2)cc1. The van der Waals surface area contributed by atoms with E-state index in [1.165, 1.54) is 0 Å². The predicted molar refractivity (Wildman–Crippen MR) is 102 cm³/mol. The van der Waals surface area contributed by atoms with Crippen molar-refractivity contribution in [3.63, 3.8) is 0 Å². The molecule has 0 radical (unpaired) electrons. The molecule has 1 N–H and O–H groups in total. The Bertz CT molecular complexity index is 831. The van der Waals surface area contributed by atoms with E-state index in [0.717, 1.165) is 17.1 Å². The molecular weight excluding hydrogens is 366 g/mol. The predicted octanol–water partition coefficient (Wildman–Crippen LogP) is 3.32. The van der Waals surface area contributed by atoms with Gasteiger partial charge in [0.2, 0.25) is 17.6 Å². The first-order valence-electron chi connectivity index (χ1n) is 8.72. The highest BCUT2D eigenvalue weighted by atomic mass is 32.1. The van der Waals surface area contributed by atoms with E-state index in [4.69, 9.17) is 14.0 Å². The van der Waals surface area contributed by atoms with Crippen LogP contribution in [0.5, 0.6) is 11.5 Å². The Balaban J connectivity index is 1.33. The number of hydrogen-bond donors (Lipinski definition) is 1. The quantitative estimate of drug-likeness (QED) is 0.537. The molecule has 142 valence electrons. The van der Waals surface area contributed by atoms with Crippen LogP contribution in [0.15, 0.2) is 45.6 Å². The first-order chi connectivity index (χ1) is 13.2. The third-order valence-electron chi connectivity index (χ3n) is 3.64. The zero-order valence-corrected chi connectivity index (χ0v) is 15.8. The Morgan fingerprint density at radius 1 is 1.19 bits per heavy atom. The summed E-state index contributed by atoms with van der Waals surface area (Å²) in [5, 5.41) is 10.6. The van der Waals surface area contributed by atoms with Gasteiger partial charge in [0, 0.05) is 23.8 Å². The highest BCUT2D eigenvalue weighted by molar-refractivity contribution is 7.08. The number of carbonyl (C=O) groups excluding carboxylic acids is 1. The maximum Gasteiger partial charge on any atom is 0.227 e. The van der Waals surface area contributed by atoms with Gasteiger partial charge in [0.1, 0.15) is 18.1 Å². The topological polar surface area (TPSA) is 86.5 Å². The van der Waals surface area contributed by atoms with Crippen molar-refractivity contribution < 1.29 is 18.8 Å². The second-order valence-corrected chi connectivity index (χ2v) is 6.41. The Labute approximate surface area is 161 Å². The van der Waals surface area contributed by atoms with E-state index in [1.807, 2.05) is 48.0 Å². The Hall–Kier alpha value is -2.87. The number of benzene rings is 1. The summed E-state index contributed by atoms with van der Waals surface area (Å²) in [7, 11) is 0. The number of amides is 1. The van der Waals surface area contributed by atoms with Crippen LogP contribution in [0.1, 0.15) is 19.2 Å².